The molecular weight excluding hydrogens is 424 g/mol. The number of ether oxygens (including phenoxy) is 5. The van der Waals surface area contributed by atoms with Crippen molar-refractivity contribution in [2.45, 2.75) is 62.2 Å². The van der Waals surface area contributed by atoms with Gasteiger partial charge in [0.05, 0.1) is 13.2 Å². The molecule has 0 aliphatic carbocycles. The molecule has 0 saturated carbocycles. The van der Waals surface area contributed by atoms with E-state index < -0.39 is 78.2 Å². The lowest BCUT2D eigenvalue weighted by Gasteiger charge is -2.45. The Morgan fingerprint density at radius 2 is 1.90 bits per heavy atom. The zero-order valence-corrected chi connectivity index (χ0v) is 16.2. The zero-order chi connectivity index (χ0) is 21.3. The van der Waals surface area contributed by atoms with E-state index in [0.29, 0.717) is 0 Å². The molecular formula is C14H22O14S-2. The van der Waals surface area contributed by atoms with Crippen molar-refractivity contribution in [3.63, 3.8) is 0 Å². The average Bonchev–Trinajstić information content (AvgIpc) is 2.96. The highest BCUT2D eigenvalue weighted by Crippen LogP contribution is 2.37. The Labute approximate surface area is 165 Å². The Morgan fingerprint density at radius 1 is 1.17 bits per heavy atom. The van der Waals surface area contributed by atoms with Crippen LogP contribution in [-0.2, 0) is 48.2 Å². The van der Waals surface area contributed by atoms with E-state index in [0.717, 1.165) is 0 Å². The molecule has 0 aromatic carbocycles. The maximum absolute atomic E-state index is 11.1. The summed E-state index contributed by atoms with van der Waals surface area (Å²) in [4.78, 5) is 4.52. The summed E-state index contributed by atoms with van der Waals surface area (Å²) in [6.45, 7) is 0.933. The first-order chi connectivity index (χ1) is 13.7. The van der Waals surface area contributed by atoms with Gasteiger partial charge in [0.2, 0.25) is 10.4 Å². The van der Waals surface area contributed by atoms with E-state index in [1.54, 1.807) is 0 Å². The molecule has 3 fully saturated rings. The molecule has 0 aromatic heterocycles. The molecule has 3 saturated heterocycles. The Kier molecular flexibility index (Phi) is 7.43. The quantitative estimate of drug-likeness (QED) is 0.160. The molecule has 2 bridgehead atoms. The fraction of sp³-hybridized carbons (Fsp3) is 1.00. The Bertz CT molecular complexity index is 642. The van der Waals surface area contributed by atoms with Crippen molar-refractivity contribution in [1.82, 2.24) is 0 Å². The van der Waals surface area contributed by atoms with Gasteiger partial charge in [0.25, 0.3) is 0 Å². The molecule has 29 heavy (non-hydrogen) atoms. The molecule has 15 heteroatoms. The van der Waals surface area contributed by atoms with Crippen LogP contribution in [0.25, 0.3) is 0 Å². The lowest BCUT2D eigenvalue weighted by atomic mass is 9.90. The van der Waals surface area contributed by atoms with Gasteiger partial charge in [0.1, 0.15) is 36.6 Å². The van der Waals surface area contributed by atoms with Gasteiger partial charge in [0, 0.05) is 13.0 Å². The lowest BCUT2D eigenvalue weighted by Crippen LogP contribution is -2.61. The largest absolute Gasteiger partial charge is 0.726 e. The summed E-state index contributed by atoms with van der Waals surface area (Å²) < 4.78 is 65.0. The standard InChI is InChI=1S/C14H24O14S/c1-5-8(16)13(23-6(3-15)9(5)26-28-17)25-10-7-4-22-11(10)12(14(21-2)24-7)27-29(18,19)20/h5-17H,3-4H2,1-2H3,(H,18,19,20)/p-2/t5-,6?,7?,8+,9-,10+,11-,12?,13?,14+/m1/s1. The van der Waals surface area contributed by atoms with Crippen molar-refractivity contribution >= 4 is 10.4 Å². The van der Waals surface area contributed by atoms with Crippen LogP contribution in [0.4, 0.5) is 0 Å². The summed E-state index contributed by atoms with van der Waals surface area (Å²) in [6.07, 6.45) is -10.2. The Morgan fingerprint density at radius 3 is 2.48 bits per heavy atom. The van der Waals surface area contributed by atoms with E-state index in [1.165, 1.54) is 14.0 Å². The number of rotatable bonds is 8. The molecule has 0 spiro atoms. The summed E-state index contributed by atoms with van der Waals surface area (Å²) in [5.74, 6) is -0.747. The van der Waals surface area contributed by atoms with Crippen LogP contribution in [0, 0.1) is 5.92 Å². The molecule has 3 rings (SSSR count). The fourth-order valence-corrected chi connectivity index (χ4v) is 4.19. The van der Waals surface area contributed by atoms with Gasteiger partial charge >= 0.3 is 0 Å². The third-order valence-corrected chi connectivity index (χ3v) is 5.60. The smallest absolute Gasteiger partial charge is 0.218 e. The topological polar surface area (TPSA) is 195 Å². The Hall–Kier alpha value is -0.530. The highest BCUT2D eigenvalue weighted by Gasteiger charge is 2.56. The van der Waals surface area contributed by atoms with E-state index >= 15 is 0 Å². The minimum atomic E-state index is -5.11. The van der Waals surface area contributed by atoms with Gasteiger partial charge in [-0.25, -0.2) is 13.3 Å². The molecule has 10 atom stereocenters. The van der Waals surface area contributed by atoms with E-state index in [1.807, 2.05) is 0 Å². The van der Waals surface area contributed by atoms with Crippen LogP contribution in [0.3, 0.4) is 0 Å². The van der Waals surface area contributed by atoms with Gasteiger partial charge < -0.3 is 43.7 Å². The van der Waals surface area contributed by atoms with Gasteiger partial charge in [-0.3, -0.25) is 9.22 Å². The molecule has 3 aliphatic heterocycles. The highest BCUT2D eigenvalue weighted by atomic mass is 32.3. The minimum Gasteiger partial charge on any atom is -0.726 e. The van der Waals surface area contributed by atoms with E-state index in [4.69, 9.17) is 23.7 Å². The first-order valence-electron chi connectivity index (χ1n) is 8.69. The molecule has 170 valence electrons. The van der Waals surface area contributed by atoms with Crippen molar-refractivity contribution in [2.24, 2.45) is 5.92 Å². The van der Waals surface area contributed by atoms with Crippen LogP contribution in [0.2, 0.25) is 0 Å². The van der Waals surface area contributed by atoms with Crippen LogP contribution in [0.1, 0.15) is 6.92 Å². The predicted octanol–water partition coefficient (Wildman–Crippen LogP) is -3.71. The molecule has 3 aliphatic rings. The molecule has 14 nitrogen and oxygen atoms in total. The van der Waals surface area contributed by atoms with Crippen molar-refractivity contribution < 1.29 is 66.2 Å². The van der Waals surface area contributed by atoms with Gasteiger partial charge in [-0.15, -0.1) is 0 Å². The minimum absolute atomic E-state index is 0.0223. The number of aliphatic hydroxyl groups is 2. The molecule has 0 radical (unpaired) electrons. The second-order valence-corrected chi connectivity index (χ2v) is 7.86. The van der Waals surface area contributed by atoms with Gasteiger partial charge in [0.15, 0.2) is 18.7 Å². The summed E-state index contributed by atoms with van der Waals surface area (Å²) in [5.41, 5.74) is 0. The number of methoxy groups -OCH3 is 1. The molecule has 2 N–H and O–H groups in total. The van der Waals surface area contributed by atoms with Crippen molar-refractivity contribution in [3.05, 3.63) is 0 Å². The summed E-state index contributed by atoms with van der Waals surface area (Å²) in [6, 6.07) is 0. The molecule has 0 aromatic rings. The van der Waals surface area contributed by atoms with Crippen molar-refractivity contribution in [1.29, 1.82) is 0 Å². The Balaban J connectivity index is 1.75. The van der Waals surface area contributed by atoms with Crippen LogP contribution in [-0.4, -0.2) is 98.8 Å². The summed E-state index contributed by atoms with van der Waals surface area (Å²) >= 11 is 0. The van der Waals surface area contributed by atoms with Gasteiger partial charge in [-0.05, 0) is 0 Å². The van der Waals surface area contributed by atoms with Gasteiger partial charge in [-0.1, -0.05) is 6.92 Å². The SMILES string of the molecule is CO[C@H]1OC2CO[C@@H](C1OS(=O)(=O)[O-])[C@H]2OC1OC(CO)[C@H](OO[O-])[C@H](C)[C@@H]1O. The van der Waals surface area contributed by atoms with E-state index in [9.17, 15) is 28.4 Å². The monoisotopic (exact) mass is 446 g/mol. The average molecular weight is 446 g/mol. The lowest BCUT2D eigenvalue weighted by molar-refractivity contribution is -0.807. The van der Waals surface area contributed by atoms with Crippen LogP contribution >= 0.6 is 0 Å². The summed E-state index contributed by atoms with van der Waals surface area (Å²) in [5, 5.41) is 33.7. The van der Waals surface area contributed by atoms with Gasteiger partial charge in [-0.2, -0.15) is 0 Å². The van der Waals surface area contributed by atoms with Crippen molar-refractivity contribution in [3.8, 4) is 0 Å². The van der Waals surface area contributed by atoms with Crippen LogP contribution in [0.15, 0.2) is 0 Å². The molecule has 3 heterocycles. The number of hydrogen-bond donors (Lipinski definition) is 2. The third kappa shape index (κ3) is 4.87. The fourth-order valence-electron chi connectivity index (χ4n) is 3.72. The predicted molar refractivity (Wildman–Crippen MR) is 81.7 cm³/mol. The van der Waals surface area contributed by atoms with Crippen LogP contribution in [0.5, 0.6) is 0 Å². The zero-order valence-electron chi connectivity index (χ0n) is 15.4. The highest BCUT2D eigenvalue weighted by molar-refractivity contribution is 7.80. The van der Waals surface area contributed by atoms with Crippen LogP contribution < -0.4 is 5.26 Å². The number of fused-ring (bicyclic) bond motifs is 2. The van der Waals surface area contributed by atoms with E-state index in [-0.39, 0.29) is 6.61 Å². The van der Waals surface area contributed by atoms with Crippen molar-refractivity contribution in [2.75, 3.05) is 20.3 Å². The number of aliphatic hydroxyl groups excluding tert-OH is 2. The molecule has 4 unspecified atom stereocenters. The van der Waals surface area contributed by atoms with E-state index in [2.05, 4.69) is 14.1 Å². The normalized spacial score (nSPS) is 45.4. The third-order valence-electron chi connectivity index (χ3n) is 5.14. The second-order valence-electron chi connectivity index (χ2n) is 6.85. The maximum Gasteiger partial charge on any atom is 0.218 e. The maximum atomic E-state index is 11.1. The number of hydrogen-bond acceptors (Lipinski definition) is 14. The first-order valence-corrected chi connectivity index (χ1v) is 10.0. The molecule has 0 amide bonds. The summed E-state index contributed by atoms with van der Waals surface area (Å²) in [7, 11) is -3.88. The first kappa shape index (κ1) is 23.1. The second kappa shape index (κ2) is 9.31.